The van der Waals surface area contributed by atoms with Crippen LogP contribution in [-0.2, 0) is 18.9 Å². The van der Waals surface area contributed by atoms with Crippen LogP contribution < -0.4 is 0 Å². The van der Waals surface area contributed by atoms with Crippen molar-refractivity contribution in [2.45, 2.75) is 22.9 Å². The first kappa shape index (κ1) is 36.7. The van der Waals surface area contributed by atoms with Gasteiger partial charge in [0.15, 0.2) is 17.6 Å². The minimum Gasteiger partial charge on any atom is -0.461 e. The summed E-state index contributed by atoms with van der Waals surface area (Å²) in [6.45, 7) is -0.250. The fourth-order valence-electron chi connectivity index (χ4n) is 7.25. The van der Waals surface area contributed by atoms with Crippen molar-refractivity contribution < 1.29 is 38.1 Å². The lowest BCUT2D eigenvalue weighted by molar-refractivity contribution is -0.0607. The van der Waals surface area contributed by atoms with Crippen molar-refractivity contribution in [2.24, 2.45) is 0 Å². The molecule has 0 spiro atoms. The van der Waals surface area contributed by atoms with E-state index in [9.17, 15) is 19.2 Å². The summed E-state index contributed by atoms with van der Waals surface area (Å²) in [6.07, 6.45) is -2.49. The van der Waals surface area contributed by atoms with E-state index < -0.39 is 46.8 Å². The fourth-order valence-corrected chi connectivity index (χ4v) is 8.62. The SMILES string of the molecule is O=C(OC[C@@H]1SC(OC(=O)c2ccc3ccccc3c2)[C@@H](OC(=O)c2ccc3ccccc3c2)[C@@H]1OC(=O)c1ccc2ccccc2c1)c1ccc2ccccc2c1. The van der Waals surface area contributed by atoms with Crippen molar-refractivity contribution >= 4 is 78.7 Å². The topological polar surface area (TPSA) is 105 Å². The minimum absolute atomic E-state index is 0.250. The molecule has 0 saturated carbocycles. The molecule has 9 heteroatoms. The molecule has 0 N–H and O–H groups in total. The van der Waals surface area contributed by atoms with Gasteiger partial charge in [-0.3, -0.25) is 0 Å². The van der Waals surface area contributed by atoms with Crippen LogP contribution in [0, 0.1) is 0 Å². The molecule has 1 heterocycles. The van der Waals surface area contributed by atoms with E-state index in [-0.39, 0.29) is 23.3 Å². The zero-order valence-corrected chi connectivity index (χ0v) is 31.7. The van der Waals surface area contributed by atoms with E-state index in [1.807, 2.05) is 121 Å². The monoisotopic (exact) mass is 782 g/mol. The predicted molar refractivity (Wildman–Crippen MR) is 225 cm³/mol. The molecule has 8 nitrogen and oxygen atoms in total. The second-order valence-corrected chi connectivity index (χ2v) is 15.4. The summed E-state index contributed by atoms with van der Waals surface area (Å²) in [5.41, 5.74) is 0.00262. The highest BCUT2D eigenvalue weighted by atomic mass is 32.2. The molecule has 58 heavy (non-hydrogen) atoms. The summed E-state index contributed by atoms with van der Waals surface area (Å²) < 4.78 is 24.4. The van der Waals surface area contributed by atoms with Crippen molar-refractivity contribution in [1.82, 2.24) is 0 Å². The van der Waals surface area contributed by atoms with Gasteiger partial charge in [0.1, 0.15) is 6.61 Å². The maximum atomic E-state index is 14.0. The maximum Gasteiger partial charge on any atom is 0.339 e. The first-order valence-corrected chi connectivity index (χ1v) is 19.7. The zero-order chi connectivity index (χ0) is 39.6. The number of thioether (sulfide) groups is 1. The molecule has 8 aromatic rings. The number of hydrogen-bond donors (Lipinski definition) is 0. The quantitative estimate of drug-likeness (QED) is 0.105. The Labute approximate surface area is 337 Å². The van der Waals surface area contributed by atoms with Gasteiger partial charge in [-0.25, -0.2) is 19.2 Å². The summed E-state index contributed by atoms with van der Waals surface area (Å²) in [5.74, 6) is -2.64. The van der Waals surface area contributed by atoms with E-state index in [1.54, 1.807) is 48.5 Å². The summed E-state index contributed by atoms with van der Waals surface area (Å²) in [5, 5.41) is 6.37. The average Bonchev–Trinajstić information content (AvgIpc) is 3.58. The third kappa shape index (κ3) is 7.60. The molecule has 0 aliphatic carbocycles. The molecule has 0 radical (unpaired) electrons. The summed E-state index contributed by atoms with van der Waals surface area (Å²) in [4.78, 5) is 55.4. The molecule has 8 aromatic carbocycles. The van der Waals surface area contributed by atoms with Crippen LogP contribution in [0.1, 0.15) is 41.4 Å². The van der Waals surface area contributed by atoms with Gasteiger partial charge < -0.3 is 18.9 Å². The van der Waals surface area contributed by atoms with Gasteiger partial charge in [0.2, 0.25) is 0 Å². The molecular weight excluding hydrogens is 749 g/mol. The lowest BCUT2D eigenvalue weighted by atomic mass is 10.1. The number of rotatable bonds is 9. The molecule has 284 valence electrons. The van der Waals surface area contributed by atoms with E-state index in [0.717, 1.165) is 54.9 Å². The molecule has 0 amide bonds. The Kier molecular flexibility index (Phi) is 10.0. The van der Waals surface area contributed by atoms with Crippen LogP contribution in [0.15, 0.2) is 170 Å². The van der Waals surface area contributed by atoms with Crippen molar-refractivity contribution in [3.8, 4) is 0 Å². The second kappa shape index (κ2) is 15.9. The fraction of sp³-hybridized carbons (Fsp3) is 0.102. The molecule has 1 unspecified atom stereocenters. The summed E-state index contributed by atoms with van der Waals surface area (Å²) in [6, 6.07) is 51.4. The van der Waals surface area contributed by atoms with E-state index in [4.69, 9.17) is 18.9 Å². The Morgan fingerprint density at radius 2 is 0.707 bits per heavy atom. The van der Waals surface area contributed by atoms with Crippen LogP contribution in [0.3, 0.4) is 0 Å². The number of hydrogen-bond acceptors (Lipinski definition) is 9. The van der Waals surface area contributed by atoms with Gasteiger partial charge in [-0.2, -0.15) is 0 Å². The Morgan fingerprint density at radius 1 is 0.379 bits per heavy atom. The first-order chi connectivity index (χ1) is 28.4. The number of benzene rings is 8. The average molecular weight is 783 g/mol. The van der Waals surface area contributed by atoms with Gasteiger partial charge in [0.25, 0.3) is 0 Å². The highest BCUT2D eigenvalue weighted by molar-refractivity contribution is 8.00. The Bertz CT molecular complexity index is 2890. The van der Waals surface area contributed by atoms with E-state index in [2.05, 4.69) is 0 Å². The maximum absolute atomic E-state index is 14.0. The standard InChI is InChI=1S/C49H34O8S/c50-45(38-21-17-30-9-1-5-13-34(30)25-38)54-29-42-43(55-46(51)39-22-18-31-10-2-6-14-35(31)26-39)44(56-47(52)40-23-19-32-11-3-7-15-36(32)27-40)49(58-42)57-48(53)41-24-20-33-12-4-8-16-37(33)28-41/h1-28,42-44,49H,29H2/t42-,43+,44-,49?/m0/s1. The normalized spacial score (nSPS) is 17.6. The van der Waals surface area contributed by atoms with Gasteiger partial charge in [-0.1, -0.05) is 121 Å². The van der Waals surface area contributed by atoms with E-state index in [0.29, 0.717) is 5.56 Å². The lowest BCUT2D eigenvalue weighted by Gasteiger charge is -2.25. The Morgan fingerprint density at radius 3 is 1.10 bits per heavy atom. The predicted octanol–water partition coefficient (Wildman–Crippen LogP) is 10.2. The lowest BCUT2D eigenvalue weighted by Crippen LogP contribution is -2.42. The number of fused-ring (bicyclic) bond motifs is 4. The smallest absolute Gasteiger partial charge is 0.339 e. The van der Waals surface area contributed by atoms with Crippen molar-refractivity contribution in [2.75, 3.05) is 6.61 Å². The van der Waals surface area contributed by atoms with Gasteiger partial charge in [0, 0.05) is 0 Å². The van der Waals surface area contributed by atoms with Crippen LogP contribution in [0.25, 0.3) is 43.1 Å². The van der Waals surface area contributed by atoms with Crippen LogP contribution in [0.4, 0.5) is 0 Å². The van der Waals surface area contributed by atoms with Gasteiger partial charge >= 0.3 is 23.9 Å². The third-order valence-electron chi connectivity index (χ3n) is 10.3. The number of ether oxygens (including phenoxy) is 4. The molecule has 1 aliphatic heterocycles. The highest BCUT2D eigenvalue weighted by Gasteiger charge is 2.52. The first-order valence-electron chi connectivity index (χ1n) is 18.8. The Hall–Kier alpha value is -6.97. The molecule has 0 bridgehead atoms. The number of carbonyl (C=O) groups is 4. The Balaban J connectivity index is 1.05. The molecule has 1 fully saturated rings. The van der Waals surface area contributed by atoms with Gasteiger partial charge in [-0.15, -0.1) is 11.8 Å². The van der Waals surface area contributed by atoms with Crippen LogP contribution in [-0.4, -0.2) is 53.4 Å². The highest BCUT2D eigenvalue weighted by Crippen LogP contribution is 2.41. The van der Waals surface area contributed by atoms with Crippen LogP contribution in [0.2, 0.25) is 0 Å². The molecular formula is C49H34O8S. The van der Waals surface area contributed by atoms with Crippen molar-refractivity contribution in [1.29, 1.82) is 0 Å². The van der Waals surface area contributed by atoms with Gasteiger partial charge in [-0.05, 0) is 91.6 Å². The van der Waals surface area contributed by atoms with E-state index in [1.165, 1.54) is 0 Å². The third-order valence-corrected chi connectivity index (χ3v) is 11.7. The number of esters is 4. The molecule has 0 aromatic heterocycles. The molecule has 1 aliphatic rings. The molecule has 4 atom stereocenters. The van der Waals surface area contributed by atoms with Crippen molar-refractivity contribution in [3.63, 3.8) is 0 Å². The molecule has 9 rings (SSSR count). The summed E-state index contributed by atoms with van der Waals surface area (Å²) in [7, 11) is 0. The largest absolute Gasteiger partial charge is 0.461 e. The van der Waals surface area contributed by atoms with Gasteiger partial charge in [0.05, 0.1) is 27.5 Å². The van der Waals surface area contributed by atoms with Crippen LogP contribution >= 0.6 is 11.8 Å². The van der Waals surface area contributed by atoms with Crippen molar-refractivity contribution in [3.05, 3.63) is 192 Å². The number of carbonyl (C=O) groups excluding carboxylic acids is 4. The minimum atomic E-state index is -1.29. The van der Waals surface area contributed by atoms with Crippen LogP contribution in [0.5, 0.6) is 0 Å². The molecule has 1 saturated heterocycles. The summed E-state index contributed by atoms with van der Waals surface area (Å²) >= 11 is 1.10. The van der Waals surface area contributed by atoms with E-state index >= 15 is 0 Å². The zero-order valence-electron chi connectivity index (χ0n) is 30.9. The second-order valence-electron chi connectivity index (χ2n) is 14.0.